The van der Waals surface area contributed by atoms with Crippen molar-refractivity contribution in [2.45, 2.75) is 32.8 Å². The molecule has 0 saturated carbocycles. The lowest BCUT2D eigenvalue weighted by Gasteiger charge is -2.28. The first-order valence-corrected chi connectivity index (χ1v) is 8.27. The van der Waals surface area contributed by atoms with Crippen LogP contribution in [0.1, 0.15) is 32.3 Å². The van der Waals surface area contributed by atoms with Crippen LogP contribution in [0.5, 0.6) is 0 Å². The van der Waals surface area contributed by atoms with E-state index in [2.05, 4.69) is 15.6 Å². The quantitative estimate of drug-likeness (QED) is 0.833. The minimum absolute atomic E-state index is 0.140. The first kappa shape index (κ1) is 16.3. The van der Waals surface area contributed by atoms with Crippen molar-refractivity contribution in [2.24, 2.45) is 0 Å². The van der Waals surface area contributed by atoms with E-state index in [4.69, 9.17) is 14.1 Å². The van der Waals surface area contributed by atoms with Gasteiger partial charge in [-0.05, 0) is 42.7 Å². The van der Waals surface area contributed by atoms with Crippen molar-refractivity contribution >= 4 is 23.0 Å². The molecule has 2 aromatic rings. The molecule has 0 fully saturated rings. The highest BCUT2D eigenvalue weighted by atomic mass is 16.6. The molecule has 1 N–H and O–H groups in total. The molecule has 0 radical (unpaired) electrons. The molecular weight excluding hydrogens is 338 g/mol. The standard InChI is InChI=1S/C18H17N3O5/c1-8(2)25-18(23)13-9(3)19-12-7-24-17(22)15(12)14(13)10-5-4-6-11-16(10)21-26-20-11/h4-6,8,14,19H,7H2,1-3H3/t14-/m1/s1. The second kappa shape index (κ2) is 5.98. The summed E-state index contributed by atoms with van der Waals surface area (Å²) >= 11 is 0. The molecule has 2 aliphatic rings. The van der Waals surface area contributed by atoms with Gasteiger partial charge in [0.05, 0.1) is 28.9 Å². The van der Waals surface area contributed by atoms with Crippen LogP contribution in [0, 0.1) is 0 Å². The van der Waals surface area contributed by atoms with Gasteiger partial charge in [-0.1, -0.05) is 12.1 Å². The topological polar surface area (TPSA) is 104 Å². The molecule has 1 atom stereocenters. The molecular formula is C18H17N3O5. The molecule has 0 bridgehead atoms. The molecule has 4 rings (SSSR count). The smallest absolute Gasteiger partial charge is 0.337 e. The number of rotatable bonds is 3. The van der Waals surface area contributed by atoms with Crippen molar-refractivity contribution in [3.63, 3.8) is 0 Å². The van der Waals surface area contributed by atoms with E-state index in [0.717, 1.165) is 0 Å². The highest BCUT2D eigenvalue weighted by Gasteiger charge is 2.43. The van der Waals surface area contributed by atoms with Gasteiger partial charge in [0.25, 0.3) is 0 Å². The number of allylic oxidation sites excluding steroid dienone is 1. The Balaban J connectivity index is 1.93. The van der Waals surface area contributed by atoms with Gasteiger partial charge in [0.2, 0.25) is 0 Å². The van der Waals surface area contributed by atoms with Gasteiger partial charge in [-0.25, -0.2) is 14.2 Å². The molecule has 0 unspecified atom stereocenters. The van der Waals surface area contributed by atoms with Gasteiger partial charge in [0.15, 0.2) is 0 Å². The van der Waals surface area contributed by atoms with Gasteiger partial charge < -0.3 is 14.8 Å². The lowest BCUT2D eigenvalue weighted by molar-refractivity contribution is -0.143. The number of aromatic nitrogens is 2. The summed E-state index contributed by atoms with van der Waals surface area (Å²) in [5.41, 5.74) is 3.69. The zero-order valence-corrected chi connectivity index (χ0v) is 14.5. The Hall–Kier alpha value is -3.16. The average molecular weight is 355 g/mol. The van der Waals surface area contributed by atoms with Crippen molar-refractivity contribution in [1.29, 1.82) is 0 Å². The minimum Gasteiger partial charge on any atom is -0.460 e. The molecule has 3 heterocycles. The van der Waals surface area contributed by atoms with Gasteiger partial charge in [-0.2, -0.15) is 0 Å². The van der Waals surface area contributed by atoms with Crippen molar-refractivity contribution in [1.82, 2.24) is 15.6 Å². The molecule has 8 heteroatoms. The lowest BCUT2D eigenvalue weighted by atomic mass is 9.80. The molecule has 1 aromatic carbocycles. The van der Waals surface area contributed by atoms with Crippen LogP contribution in [0.2, 0.25) is 0 Å². The van der Waals surface area contributed by atoms with Gasteiger partial charge in [-0.3, -0.25) is 0 Å². The summed E-state index contributed by atoms with van der Waals surface area (Å²) in [5, 5.41) is 10.9. The van der Waals surface area contributed by atoms with Gasteiger partial charge in [0.1, 0.15) is 17.6 Å². The minimum atomic E-state index is -0.664. The van der Waals surface area contributed by atoms with Crippen LogP contribution in [-0.4, -0.2) is 35.0 Å². The number of carbonyl (C=O) groups is 2. The molecule has 2 aliphatic heterocycles. The Morgan fingerprint density at radius 1 is 1.35 bits per heavy atom. The van der Waals surface area contributed by atoms with Crippen LogP contribution in [0.15, 0.2) is 45.4 Å². The summed E-state index contributed by atoms with van der Waals surface area (Å²) < 4.78 is 15.4. The Labute approximate surface area is 148 Å². The van der Waals surface area contributed by atoms with E-state index in [-0.39, 0.29) is 12.7 Å². The van der Waals surface area contributed by atoms with Crippen LogP contribution < -0.4 is 5.32 Å². The summed E-state index contributed by atoms with van der Waals surface area (Å²) in [6, 6.07) is 5.33. The van der Waals surface area contributed by atoms with Crippen LogP contribution in [0.3, 0.4) is 0 Å². The number of dihydropyridines is 1. The molecule has 26 heavy (non-hydrogen) atoms. The molecule has 134 valence electrons. The van der Waals surface area contributed by atoms with Crippen LogP contribution in [0.4, 0.5) is 0 Å². The maximum absolute atomic E-state index is 12.8. The number of esters is 2. The Bertz CT molecular complexity index is 986. The summed E-state index contributed by atoms with van der Waals surface area (Å²) in [6.45, 7) is 5.46. The largest absolute Gasteiger partial charge is 0.460 e. The third-order valence-electron chi connectivity index (χ3n) is 4.40. The maximum atomic E-state index is 12.8. The van der Waals surface area contributed by atoms with Crippen LogP contribution >= 0.6 is 0 Å². The highest BCUT2D eigenvalue weighted by Crippen LogP contribution is 2.43. The van der Waals surface area contributed by atoms with Crippen LogP contribution in [0.25, 0.3) is 11.0 Å². The molecule has 0 amide bonds. The monoisotopic (exact) mass is 355 g/mol. The number of nitrogens with zero attached hydrogens (tertiary/aromatic N) is 2. The van der Waals surface area contributed by atoms with Crippen LogP contribution in [-0.2, 0) is 19.1 Å². The predicted octanol–water partition coefficient (Wildman–Crippen LogP) is 1.95. The van der Waals surface area contributed by atoms with E-state index in [1.54, 1.807) is 39.0 Å². The third kappa shape index (κ3) is 2.45. The normalized spacial score (nSPS) is 19.7. The summed E-state index contributed by atoms with van der Waals surface area (Å²) in [6.07, 6.45) is -0.293. The number of benzene rings is 1. The maximum Gasteiger partial charge on any atom is 0.337 e. The summed E-state index contributed by atoms with van der Waals surface area (Å²) in [4.78, 5) is 25.2. The van der Waals surface area contributed by atoms with E-state index in [1.165, 1.54) is 0 Å². The van der Waals surface area contributed by atoms with E-state index in [0.29, 0.717) is 39.1 Å². The average Bonchev–Trinajstić information content (AvgIpc) is 3.19. The van der Waals surface area contributed by atoms with E-state index in [9.17, 15) is 9.59 Å². The first-order valence-electron chi connectivity index (χ1n) is 8.27. The SMILES string of the molecule is CC1=C(C(=O)OC(C)C)[C@@H](c2cccc3nonc23)C2=C(COC2=O)N1. The lowest BCUT2D eigenvalue weighted by Crippen LogP contribution is -2.31. The molecule has 8 nitrogen and oxygen atoms in total. The summed E-state index contributed by atoms with van der Waals surface area (Å²) in [5.74, 6) is -1.62. The molecule has 0 aliphatic carbocycles. The van der Waals surface area contributed by atoms with E-state index >= 15 is 0 Å². The van der Waals surface area contributed by atoms with Gasteiger partial charge in [0, 0.05) is 5.70 Å². The molecule has 1 aromatic heterocycles. The van der Waals surface area contributed by atoms with E-state index in [1.807, 2.05) is 0 Å². The number of ether oxygens (including phenoxy) is 2. The van der Waals surface area contributed by atoms with Gasteiger partial charge >= 0.3 is 11.9 Å². The van der Waals surface area contributed by atoms with Crippen molar-refractivity contribution in [2.75, 3.05) is 6.61 Å². The fraction of sp³-hybridized carbons (Fsp3) is 0.333. The van der Waals surface area contributed by atoms with Crippen molar-refractivity contribution < 1.29 is 23.7 Å². The first-order chi connectivity index (χ1) is 12.5. The molecule has 0 spiro atoms. The molecule has 0 saturated heterocycles. The number of hydrogen-bond acceptors (Lipinski definition) is 8. The Morgan fingerprint density at radius 2 is 2.15 bits per heavy atom. The second-order valence-corrected chi connectivity index (χ2v) is 6.50. The number of nitrogens with one attached hydrogen (secondary N) is 1. The van der Waals surface area contributed by atoms with Crippen molar-refractivity contribution in [3.8, 4) is 0 Å². The van der Waals surface area contributed by atoms with Crippen molar-refractivity contribution in [3.05, 3.63) is 46.3 Å². The van der Waals surface area contributed by atoms with Gasteiger partial charge in [-0.15, -0.1) is 0 Å². The fourth-order valence-electron chi connectivity index (χ4n) is 3.39. The fourth-order valence-corrected chi connectivity index (χ4v) is 3.39. The zero-order chi connectivity index (χ0) is 18.4. The predicted molar refractivity (Wildman–Crippen MR) is 89.6 cm³/mol. The van der Waals surface area contributed by atoms with E-state index < -0.39 is 17.9 Å². The zero-order valence-electron chi connectivity index (χ0n) is 14.5. The second-order valence-electron chi connectivity index (χ2n) is 6.50. The number of hydrogen-bond donors (Lipinski definition) is 1. The number of cyclic esters (lactones) is 1. The Kier molecular flexibility index (Phi) is 3.75. The number of fused-ring (bicyclic) bond motifs is 1. The summed E-state index contributed by atoms with van der Waals surface area (Å²) in [7, 11) is 0. The highest BCUT2D eigenvalue weighted by molar-refractivity contribution is 6.02. The third-order valence-corrected chi connectivity index (χ3v) is 4.40. The number of carbonyl (C=O) groups excluding carboxylic acids is 2. The Morgan fingerprint density at radius 3 is 2.92 bits per heavy atom.